The van der Waals surface area contributed by atoms with Gasteiger partial charge in [-0.25, -0.2) is 4.79 Å². The summed E-state index contributed by atoms with van der Waals surface area (Å²) in [7, 11) is 3.58. The molecule has 2 aliphatic heterocycles. The molecular formula is C24H36N4O3. The van der Waals surface area contributed by atoms with Gasteiger partial charge in [-0.3, -0.25) is 9.69 Å². The number of piperidine rings is 1. The van der Waals surface area contributed by atoms with Crippen molar-refractivity contribution in [2.75, 3.05) is 20.6 Å². The molecule has 2 heterocycles. The first kappa shape index (κ1) is 21.9. The molecule has 31 heavy (non-hydrogen) atoms. The summed E-state index contributed by atoms with van der Waals surface area (Å²) < 4.78 is 6.26. The predicted octanol–water partition coefficient (Wildman–Crippen LogP) is 2.99. The van der Waals surface area contributed by atoms with Crippen molar-refractivity contribution in [3.8, 4) is 5.75 Å². The van der Waals surface area contributed by atoms with Gasteiger partial charge in [0.1, 0.15) is 11.9 Å². The summed E-state index contributed by atoms with van der Waals surface area (Å²) in [5.74, 6) is 1.05. The minimum absolute atomic E-state index is 0.0185. The highest BCUT2D eigenvalue weighted by molar-refractivity contribution is 5.93. The molecule has 7 heteroatoms. The average Bonchev–Trinajstić information content (AvgIpc) is 2.97. The van der Waals surface area contributed by atoms with Crippen molar-refractivity contribution in [3.05, 3.63) is 29.8 Å². The Labute approximate surface area is 185 Å². The van der Waals surface area contributed by atoms with Crippen LogP contribution in [0.1, 0.15) is 61.7 Å². The van der Waals surface area contributed by atoms with E-state index in [-0.39, 0.29) is 12.1 Å². The lowest BCUT2D eigenvalue weighted by molar-refractivity contribution is 0.0346. The van der Waals surface area contributed by atoms with Gasteiger partial charge in [0.05, 0.1) is 0 Å². The van der Waals surface area contributed by atoms with Gasteiger partial charge in [-0.15, -0.1) is 0 Å². The van der Waals surface area contributed by atoms with Crippen LogP contribution < -0.4 is 15.8 Å². The first-order valence-corrected chi connectivity index (χ1v) is 11.7. The van der Waals surface area contributed by atoms with E-state index in [4.69, 9.17) is 10.5 Å². The van der Waals surface area contributed by atoms with E-state index >= 15 is 0 Å². The highest BCUT2D eigenvalue weighted by atomic mass is 16.5. The Kier molecular flexibility index (Phi) is 6.70. The zero-order valence-corrected chi connectivity index (χ0v) is 18.8. The number of nitrogens with one attached hydrogen (secondary N) is 1. The number of benzene rings is 1. The molecular weight excluding hydrogens is 392 g/mol. The Balaban J connectivity index is 1.26. The van der Waals surface area contributed by atoms with Crippen LogP contribution in [-0.4, -0.2) is 66.6 Å². The van der Waals surface area contributed by atoms with E-state index in [1.54, 1.807) is 31.1 Å². The number of amides is 3. The van der Waals surface area contributed by atoms with Crippen LogP contribution in [0.4, 0.5) is 4.79 Å². The quantitative estimate of drug-likeness (QED) is 0.729. The number of urea groups is 1. The van der Waals surface area contributed by atoms with E-state index < -0.39 is 5.91 Å². The zero-order valence-electron chi connectivity index (χ0n) is 18.8. The molecule has 7 nitrogen and oxygen atoms in total. The van der Waals surface area contributed by atoms with Crippen LogP contribution in [0, 0.1) is 5.92 Å². The molecule has 2 bridgehead atoms. The highest BCUT2D eigenvalue weighted by Gasteiger charge is 2.42. The van der Waals surface area contributed by atoms with Crippen LogP contribution in [0.3, 0.4) is 0 Å². The number of hydrogen-bond acceptors (Lipinski definition) is 4. The minimum Gasteiger partial charge on any atom is -0.490 e. The molecule has 3 fully saturated rings. The monoisotopic (exact) mass is 428 g/mol. The van der Waals surface area contributed by atoms with E-state index in [0.717, 1.165) is 37.4 Å². The van der Waals surface area contributed by atoms with E-state index in [1.165, 1.54) is 32.2 Å². The number of nitrogens with zero attached hydrogens (tertiary/aromatic N) is 2. The van der Waals surface area contributed by atoms with Gasteiger partial charge < -0.3 is 20.7 Å². The molecule has 1 aromatic rings. The maximum atomic E-state index is 11.9. The number of carbonyl (C=O) groups excluding carboxylic acids is 2. The third kappa shape index (κ3) is 5.32. The topological polar surface area (TPSA) is 87.9 Å². The Bertz CT molecular complexity index is 777. The Morgan fingerprint density at radius 2 is 1.77 bits per heavy atom. The normalized spacial score (nSPS) is 30.6. The molecule has 3 N–H and O–H groups in total. The molecule has 4 rings (SSSR count). The standard InChI is InChI=1S/C24H36N4O3/c1-27(2)24(30)26-18-8-6-16(7-9-18)15-28-19-10-11-20(28)14-22(13-19)31-21-5-3-4-17(12-21)23(25)29/h3-5,12,16,18-20,22H,6-11,13-15H2,1-2H3,(H2,25,29)(H,26,30)/t16?,18?,19-,20+,22?. The molecule has 2 saturated heterocycles. The Morgan fingerprint density at radius 3 is 2.39 bits per heavy atom. The highest BCUT2D eigenvalue weighted by Crippen LogP contribution is 2.39. The van der Waals surface area contributed by atoms with Crippen molar-refractivity contribution in [2.45, 2.75) is 75.6 Å². The number of nitrogens with two attached hydrogens (primary N) is 1. The van der Waals surface area contributed by atoms with Crippen LogP contribution in [-0.2, 0) is 0 Å². The summed E-state index contributed by atoms with van der Waals surface area (Å²) in [6, 6.07) is 8.74. The second-order valence-corrected chi connectivity index (χ2v) is 9.75. The first-order valence-electron chi connectivity index (χ1n) is 11.7. The summed E-state index contributed by atoms with van der Waals surface area (Å²) >= 11 is 0. The van der Waals surface area contributed by atoms with Gasteiger partial charge in [0.15, 0.2) is 0 Å². The molecule has 0 radical (unpaired) electrons. The Morgan fingerprint density at radius 1 is 1.10 bits per heavy atom. The lowest BCUT2D eigenvalue weighted by Gasteiger charge is -2.41. The number of rotatable bonds is 6. The summed E-state index contributed by atoms with van der Waals surface area (Å²) in [6.45, 7) is 1.17. The number of hydrogen-bond donors (Lipinski definition) is 2. The van der Waals surface area contributed by atoms with Gasteiger partial charge in [-0.2, -0.15) is 0 Å². The fourth-order valence-electron chi connectivity index (χ4n) is 5.62. The molecule has 1 unspecified atom stereocenters. The number of ether oxygens (including phenoxy) is 1. The van der Waals surface area contributed by atoms with Gasteiger partial charge in [0.2, 0.25) is 5.91 Å². The van der Waals surface area contributed by atoms with Gasteiger partial charge in [0, 0.05) is 44.3 Å². The number of carbonyl (C=O) groups is 2. The lowest BCUT2D eigenvalue weighted by Crippen LogP contribution is -2.49. The number of fused-ring (bicyclic) bond motifs is 2. The lowest BCUT2D eigenvalue weighted by atomic mass is 9.84. The molecule has 3 atom stereocenters. The van der Waals surface area contributed by atoms with Crippen molar-refractivity contribution < 1.29 is 14.3 Å². The van der Waals surface area contributed by atoms with Crippen LogP contribution in [0.15, 0.2) is 24.3 Å². The average molecular weight is 429 g/mol. The van der Waals surface area contributed by atoms with Crippen molar-refractivity contribution >= 4 is 11.9 Å². The molecule has 1 saturated carbocycles. The largest absolute Gasteiger partial charge is 0.490 e. The summed E-state index contributed by atoms with van der Waals surface area (Å²) in [5.41, 5.74) is 5.89. The van der Waals surface area contributed by atoms with Crippen molar-refractivity contribution in [2.24, 2.45) is 11.7 Å². The molecule has 3 amide bonds. The number of primary amides is 1. The van der Waals surface area contributed by atoms with Crippen molar-refractivity contribution in [3.63, 3.8) is 0 Å². The molecule has 0 spiro atoms. The molecule has 1 aromatic carbocycles. The second kappa shape index (κ2) is 9.47. The van der Waals surface area contributed by atoms with Crippen LogP contribution >= 0.6 is 0 Å². The van der Waals surface area contributed by atoms with Gasteiger partial charge in [0.25, 0.3) is 0 Å². The fraction of sp³-hybridized carbons (Fsp3) is 0.667. The summed E-state index contributed by atoms with van der Waals surface area (Å²) in [4.78, 5) is 27.7. The predicted molar refractivity (Wildman–Crippen MR) is 120 cm³/mol. The van der Waals surface area contributed by atoms with Crippen LogP contribution in [0.5, 0.6) is 5.75 Å². The third-order valence-electron chi connectivity index (χ3n) is 7.31. The molecule has 170 valence electrons. The maximum Gasteiger partial charge on any atom is 0.317 e. The summed E-state index contributed by atoms with van der Waals surface area (Å²) in [6.07, 6.45) is 9.33. The molecule has 0 aromatic heterocycles. The first-order chi connectivity index (χ1) is 14.9. The van der Waals surface area contributed by atoms with Crippen LogP contribution in [0.25, 0.3) is 0 Å². The molecule has 3 aliphatic rings. The Hall–Kier alpha value is -2.28. The minimum atomic E-state index is -0.420. The SMILES string of the molecule is CN(C)C(=O)NC1CCC(CN2[C@@H]3CC[C@H]2CC(Oc2cccc(C(N)=O)c2)C3)CC1. The van der Waals surface area contributed by atoms with E-state index in [2.05, 4.69) is 10.2 Å². The van der Waals surface area contributed by atoms with Gasteiger partial charge in [-0.1, -0.05) is 6.07 Å². The maximum absolute atomic E-state index is 11.9. The van der Waals surface area contributed by atoms with E-state index in [1.807, 2.05) is 12.1 Å². The van der Waals surface area contributed by atoms with Crippen LogP contribution in [0.2, 0.25) is 0 Å². The van der Waals surface area contributed by atoms with Gasteiger partial charge in [-0.05, 0) is 75.5 Å². The van der Waals surface area contributed by atoms with Crippen molar-refractivity contribution in [1.82, 2.24) is 15.1 Å². The van der Waals surface area contributed by atoms with E-state index in [9.17, 15) is 9.59 Å². The zero-order chi connectivity index (χ0) is 22.0. The van der Waals surface area contributed by atoms with Crippen molar-refractivity contribution in [1.29, 1.82) is 0 Å². The van der Waals surface area contributed by atoms with Gasteiger partial charge >= 0.3 is 6.03 Å². The summed E-state index contributed by atoms with van der Waals surface area (Å²) in [5, 5.41) is 3.14. The molecule has 1 aliphatic carbocycles. The smallest absolute Gasteiger partial charge is 0.317 e. The fourth-order valence-corrected chi connectivity index (χ4v) is 5.62. The third-order valence-corrected chi connectivity index (χ3v) is 7.31. The second-order valence-electron chi connectivity index (χ2n) is 9.75. The van der Waals surface area contributed by atoms with E-state index in [0.29, 0.717) is 23.7 Å².